The first-order valence-electron chi connectivity index (χ1n) is 10.4. The van der Waals surface area contributed by atoms with Crippen LogP contribution in [0.1, 0.15) is 18.4 Å². The third kappa shape index (κ3) is 5.74. The number of piperidine rings is 1. The van der Waals surface area contributed by atoms with E-state index in [2.05, 4.69) is 15.6 Å². The van der Waals surface area contributed by atoms with Crippen LogP contribution in [0.3, 0.4) is 0 Å². The Kier molecular flexibility index (Phi) is 7.43. The van der Waals surface area contributed by atoms with Crippen LogP contribution in [-0.4, -0.2) is 55.0 Å². The van der Waals surface area contributed by atoms with Gasteiger partial charge >= 0.3 is 12.2 Å². The summed E-state index contributed by atoms with van der Waals surface area (Å²) in [5, 5.41) is 14.2. The first kappa shape index (κ1) is 23.9. The van der Waals surface area contributed by atoms with Crippen LogP contribution in [-0.2, 0) is 6.18 Å². The SMILES string of the molecule is CN=C(NC#N)N1CCC(N(C)C(=O)Nc2ccc(-c3ccccc3C(F)(F)F)cc2)CC1. The van der Waals surface area contributed by atoms with Crippen molar-refractivity contribution in [3.05, 3.63) is 54.1 Å². The van der Waals surface area contributed by atoms with Crippen molar-refractivity contribution in [2.24, 2.45) is 4.99 Å². The Hall–Kier alpha value is -3.74. The first-order valence-corrected chi connectivity index (χ1v) is 10.4. The highest BCUT2D eigenvalue weighted by Crippen LogP contribution is 2.37. The smallest absolute Gasteiger partial charge is 0.342 e. The van der Waals surface area contributed by atoms with E-state index >= 15 is 0 Å². The number of rotatable bonds is 3. The van der Waals surface area contributed by atoms with Gasteiger partial charge in [-0.2, -0.15) is 18.4 Å². The average molecular weight is 458 g/mol. The summed E-state index contributed by atoms with van der Waals surface area (Å²) in [4.78, 5) is 20.4. The number of aliphatic imine (C=N–C) groups is 1. The van der Waals surface area contributed by atoms with E-state index in [0.717, 1.165) is 6.07 Å². The fraction of sp³-hybridized carbons (Fsp3) is 0.348. The minimum Gasteiger partial charge on any atom is -0.342 e. The largest absolute Gasteiger partial charge is 0.417 e. The number of hydrogen-bond acceptors (Lipinski definition) is 3. The minimum atomic E-state index is -4.45. The topological polar surface area (TPSA) is 83.8 Å². The van der Waals surface area contributed by atoms with Gasteiger partial charge in [0.15, 0.2) is 6.19 Å². The minimum absolute atomic E-state index is 0.0133. The van der Waals surface area contributed by atoms with Crippen LogP contribution in [0.4, 0.5) is 23.7 Å². The van der Waals surface area contributed by atoms with Crippen LogP contribution in [0.25, 0.3) is 11.1 Å². The molecule has 7 nitrogen and oxygen atoms in total. The zero-order valence-corrected chi connectivity index (χ0v) is 18.4. The molecule has 2 amide bonds. The Morgan fingerprint density at radius 1 is 1.15 bits per heavy atom. The highest BCUT2D eigenvalue weighted by molar-refractivity contribution is 5.90. The van der Waals surface area contributed by atoms with E-state index in [9.17, 15) is 18.0 Å². The molecule has 1 saturated heterocycles. The van der Waals surface area contributed by atoms with Crippen molar-refractivity contribution in [2.45, 2.75) is 25.1 Å². The third-order valence-electron chi connectivity index (χ3n) is 5.69. The number of nitrogens with one attached hydrogen (secondary N) is 2. The second-order valence-electron chi connectivity index (χ2n) is 7.66. The quantitative estimate of drug-likeness (QED) is 0.310. The van der Waals surface area contributed by atoms with E-state index in [1.165, 1.54) is 12.1 Å². The van der Waals surface area contributed by atoms with Crippen molar-refractivity contribution in [1.29, 1.82) is 5.26 Å². The molecule has 0 bridgehead atoms. The van der Waals surface area contributed by atoms with Crippen molar-refractivity contribution in [3.8, 4) is 17.3 Å². The van der Waals surface area contributed by atoms with Gasteiger partial charge in [-0.25, -0.2) is 4.79 Å². The Bertz CT molecular complexity index is 1040. The number of benzene rings is 2. The number of nitrogens with zero attached hydrogens (tertiary/aromatic N) is 4. The van der Waals surface area contributed by atoms with Gasteiger partial charge in [0.05, 0.1) is 5.56 Å². The van der Waals surface area contributed by atoms with Gasteiger partial charge in [0.25, 0.3) is 0 Å². The third-order valence-corrected chi connectivity index (χ3v) is 5.69. The van der Waals surface area contributed by atoms with Crippen LogP contribution in [0, 0.1) is 11.5 Å². The molecule has 0 unspecified atom stereocenters. The second-order valence-corrected chi connectivity index (χ2v) is 7.66. The maximum Gasteiger partial charge on any atom is 0.417 e. The zero-order valence-electron chi connectivity index (χ0n) is 18.4. The number of likely N-dealkylation sites (tertiary alicyclic amines) is 1. The Morgan fingerprint density at radius 3 is 2.36 bits per heavy atom. The fourth-order valence-corrected chi connectivity index (χ4v) is 3.88. The maximum absolute atomic E-state index is 13.3. The van der Waals surface area contributed by atoms with Crippen molar-refractivity contribution >= 4 is 17.7 Å². The molecular weight excluding hydrogens is 433 g/mol. The lowest BCUT2D eigenvalue weighted by Crippen LogP contribution is -2.50. The summed E-state index contributed by atoms with van der Waals surface area (Å²) in [5.74, 6) is 0.509. The van der Waals surface area contributed by atoms with Gasteiger partial charge in [-0.05, 0) is 42.2 Å². The molecule has 2 aromatic rings. The maximum atomic E-state index is 13.3. The monoisotopic (exact) mass is 458 g/mol. The number of anilines is 1. The number of urea groups is 1. The summed E-state index contributed by atoms with van der Waals surface area (Å²) in [6.07, 6.45) is -1.16. The van der Waals surface area contributed by atoms with Gasteiger partial charge in [0, 0.05) is 38.9 Å². The Labute approximate surface area is 190 Å². The lowest BCUT2D eigenvalue weighted by Gasteiger charge is -2.37. The van der Waals surface area contributed by atoms with Gasteiger partial charge < -0.3 is 15.1 Å². The van der Waals surface area contributed by atoms with Gasteiger partial charge in [0.1, 0.15) is 0 Å². The number of halogens is 3. The normalized spacial score (nSPS) is 15.0. The molecule has 0 spiro atoms. The summed E-state index contributed by atoms with van der Waals surface area (Å²) >= 11 is 0. The molecule has 33 heavy (non-hydrogen) atoms. The second kappa shape index (κ2) is 10.3. The van der Waals surface area contributed by atoms with Crippen LogP contribution in [0.5, 0.6) is 0 Å². The highest BCUT2D eigenvalue weighted by Gasteiger charge is 2.33. The summed E-state index contributed by atoms with van der Waals surface area (Å²) in [7, 11) is 3.32. The molecule has 0 radical (unpaired) electrons. The predicted octanol–water partition coefficient (Wildman–Crippen LogP) is 4.36. The number of hydrogen-bond donors (Lipinski definition) is 2. The Morgan fingerprint density at radius 2 is 1.79 bits per heavy atom. The van der Waals surface area contributed by atoms with E-state index in [-0.39, 0.29) is 17.6 Å². The number of alkyl halides is 3. The number of carbonyl (C=O) groups is 1. The van der Waals surface area contributed by atoms with Gasteiger partial charge in [-0.15, -0.1) is 0 Å². The average Bonchev–Trinajstić information content (AvgIpc) is 2.82. The lowest BCUT2D eigenvalue weighted by molar-refractivity contribution is -0.137. The van der Waals surface area contributed by atoms with E-state index in [4.69, 9.17) is 5.26 Å². The van der Waals surface area contributed by atoms with Crippen LogP contribution in [0.15, 0.2) is 53.5 Å². The van der Waals surface area contributed by atoms with Gasteiger partial charge in [-0.3, -0.25) is 10.3 Å². The van der Waals surface area contributed by atoms with Crippen molar-refractivity contribution in [3.63, 3.8) is 0 Å². The van der Waals surface area contributed by atoms with Crippen molar-refractivity contribution in [1.82, 2.24) is 15.1 Å². The standard InChI is InChI=1S/C23H25F3N6O/c1-28-21(29-15-27)32-13-11-18(12-14-32)31(2)22(33)30-17-9-7-16(8-10-17)19-5-3-4-6-20(19)23(24,25)26/h3-10,18H,11-14H2,1-2H3,(H,28,29)(H,30,33). The molecule has 0 saturated carbocycles. The summed E-state index contributed by atoms with van der Waals surface area (Å²) in [6.45, 7) is 1.30. The summed E-state index contributed by atoms with van der Waals surface area (Å²) in [6, 6.07) is 11.4. The first-order chi connectivity index (χ1) is 15.7. The lowest BCUT2D eigenvalue weighted by atomic mass is 9.99. The number of amides is 2. The molecule has 3 rings (SSSR count). The van der Waals surface area contributed by atoms with E-state index < -0.39 is 11.7 Å². The molecule has 1 aliphatic rings. The molecule has 2 N–H and O–H groups in total. The molecule has 0 atom stereocenters. The van der Waals surface area contributed by atoms with Crippen molar-refractivity contribution in [2.75, 3.05) is 32.5 Å². The Balaban J connectivity index is 1.61. The van der Waals surface area contributed by atoms with E-state index in [0.29, 0.717) is 43.1 Å². The molecule has 2 aromatic carbocycles. The number of nitriles is 1. The molecule has 1 fully saturated rings. The predicted molar refractivity (Wildman–Crippen MR) is 120 cm³/mol. The number of guanidine groups is 1. The molecule has 0 aromatic heterocycles. The zero-order chi connectivity index (χ0) is 24.0. The molecular formula is C23H25F3N6O. The molecule has 0 aliphatic carbocycles. The molecule has 10 heteroatoms. The summed E-state index contributed by atoms with van der Waals surface area (Å²) in [5.41, 5.74) is 0.305. The molecule has 174 valence electrons. The van der Waals surface area contributed by atoms with Crippen LogP contribution < -0.4 is 10.6 Å². The van der Waals surface area contributed by atoms with Crippen LogP contribution >= 0.6 is 0 Å². The molecule has 1 heterocycles. The van der Waals surface area contributed by atoms with E-state index in [1.54, 1.807) is 49.3 Å². The van der Waals surface area contributed by atoms with Crippen LogP contribution in [0.2, 0.25) is 0 Å². The van der Waals surface area contributed by atoms with Gasteiger partial charge in [0.2, 0.25) is 5.96 Å². The van der Waals surface area contributed by atoms with Crippen molar-refractivity contribution < 1.29 is 18.0 Å². The fourth-order valence-electron chi connectivity index (χ4n) is 3.88. The highest BCUT2D eigenvalue weighted by atomic mass is 19.4. The number of carbonyl (C=O) groups excluding carboxylic acids is 1. The van der Waals surface area contributed by atoms with E-state index in [1.807, 2.05) is 11.1 Å². The van der Waals surface area contributed by atoms with Gasteiger partial charge in [-0.1, -0.05) is 30.3 Å². The summed E-state index contributed by atoms with van der Waals surface area (Å²) < 4.78 is 39.9. The molecule has 1 aliphatic heterocycles.